The van der Waals surface area contributed by atoms with Crippen LogP contribution in [0.25, 0.3) is 0 Å². The third kappa shape index (κ3) is 4.43. The molecule has 6 nitrogen and oxygen atoms in total. The van der Waals surface area contributed by atoms with Gasteiger partial charge in [-0.1, -0.05) is 49.6 Å². The number of hydrogen-bond acceptors (Lipinski definition) is 4. The number of carboxylic acid groups (broad SMARTS) is 1. The monoisotopic (exact) mass is 357 g/mol. The van der Waals surface area contributed by atoms with Crippen molar-refractivity contribution in [1.29, 1.82) is 0 Å². The van der Waals surface area contributed by atoms with Gasteiger partial charge in [0.05, 0.1) is 5.69 Å². The van der Waals surface area contributed by atoms with E-state index in [2.05, 4.69) is 10.4 Å². The van der Waals surface area contributed by atoms with E-state index in [1.807, 2.05) is 43.4 Å². The van der Waals surface area contributed by atoms with E-state index in [1.165, 1.54) is 6.42 Å². The molecule has 140 valence electrons. The van der Waals surface area contributed by atoms with E-state index >= 15 is 0 Å². The van der Waals surface area contributed by atoms with Crippen LogP contribution in [-0.2, 0) is 17.9 Å². The molecule has 0 aliphatic heterocycles. The summed E-state index contributed by atoms with van der Waals surface area (Å²) in [6.07, 6.45) is 5.20. The Morgan fingerprint density at radius 1 is 1.31 bits per heavy atom. The van der Waals surface area contributed by atoms with Gasteiger partial charge in [-0.25, -0.2) is 9.48 Å². The molecule has 2 N–H and O–H groups in total. The van der Waals surface area contributed by atoms with Crippen LogP contribution in [0.1, 0.15) is 49.4 Å². The van der Waals surface area contributed by atoms with Crippen molar-refractivity contribution in [3.05, 3.63) is 47.7 Å². The van der Waals surface area contributed by atoms with Crippen LogP contribution in [0, 0.1) is 5.92 Å². The highest BCUT2D eigenvalue weighted by atomic mass is 16.5. The van der Waals surface area contributed by atoms with Crippen LogP contribution < -0.4 is 10.1 Å². The summed E-state index contributed by atoms with van der Waals surface area (Å²) in [5.74, 6) is -0.208. The van der Waals surface area contributed by atoms with Crippen molar-refractivity contribution in [3.63, 3.8) is 0 Å². The molecule has 0 spiro atoms. The van der Waals surface area contributed by atoms with E-state index in [1.54, 1.807) is 4.68 Å². The predicted molar refractivity (Wildman–Crippen MR) is 99.0 cm³/mol. The Labute approximate surface area is 154 Å². The Balaban J connectivity index is 1.86. The number of rotatable bonds is 8. The fourth-order valence-corrected chi connectivity index (χ4v) is 3.69. The zero-order valence-corrected chi connectivity index (χ0v) is 15.2. The molecular formula is C20H27N3O3. The standard InChI is InChI=1S/C20H27N3O3/c1-21-13-17-12-18(26-14-15-8-4-2-5-9-15)23(22-17)19(20(24)25)16-10-6-3-7-11-16/h2,4-5,8-9,12,16,19,21H,3,6-7,10-11,13-14H2,1H3,(H,24,25). The second-order valence-electron chi connectivity index (χ2n) is 6.90. The zero-order valence-electron chi connectivity index (χ0n) is 15.2. The average Bonchev–Trinajstić information content (AvgIpc) is 3.04. The smallest absolute Gasteiger partial charge is 0.328 e. The van der Waals surface area contributed by atoms with Gasteiger partial charge in [-0.15, -0.1) is 0 Å². The van der Waals surface area contributed by atoms with Crippen LogP contribution in [0.5, 0.6) is 5.88 Å². The largest absolute Gasteiger partial charge is 0.480 e. The van der Waals surface area contributed by atoms with Crippen LogP contribution in [0.4, 0.5) is 0 Å². The van der Waals surface area contributed by atoms with Gasteiger partial charge in [0.1, 0.15) is 6.61 Å². The van der Waals surface area contributed by atoms with Crippen molar-refractivity contribution in [3.8, 4) is 5.88 Å². The lowest BCUT2D eigenvalue weighted by atomic mass is 9.84. The van der Waals surface area contributed by atoms with Gasteiger partial charge in [0.15, 0.2) is 6.04 Å². The first-order chi connectivity index (χ1) is 12.7. The summed E-state index contributed by atoms with van der Waals surface area (Å²) in [5, 5.41) is 17.5. The molecule has 0 radical (unpaired) electrons. The third-order valence-corrected chi connectivity index (χ3v) is 4.95. The number of hydrogen-bond donors (Lipinski definition) is 2. The lowest BCUT2D eigenvalue weighted by Crippen LogP contribution is -2.30. The minimum absolute atomic E-state index is 0.0997. The first-order valence-electron chi connectivity index (χ1n) is 9.31. The number of benzene rings is 1. The van der Waals surface area contributed by atoms with E-state index in [9.17, 15) is 9.90 Å². The fraction of sp³-hybridized carbons (Fsp3) is 0.500. The molecule has 1 aliphatic rings. The minimum Gasteiger partial charge on any atom is -0.480 e. The number of carboxylic acids is 1. The lowest BCUT2D eigenvalue weighted by molar-refractivity contribution is -0.143. The van der Waals surface area contributed by atoms with Crippen LogP contribution >= 0.6 is 0 Å². The molecule has 0 bridgehead atoms. The molecule has 2 aromatic rings. The maximum Gasteiger partial charge on any atom is 0.328 e. The van der Waals surface area contributed by atoms with Gasteiger partial charge >= 0.3 is 5.97 Å². The highest BCUT2D eigenvalue weighted by Gasteiger charge is 2.34. The topological polar surface area (TPSA) is 76.4 Å². The van der Waals surface area contributed by atoms with E-state index in [-0.39, 0.29) is 5.92 Å². The molecule has 1 aromatic heterocycles. The molecule has 3 rings (SSSR count). The minimum atomic E-state index is -0.833. The number of aromatic nitrogens is 2. The maximum atomic E-state index is 12.1. The fourth-order valence-electron chi connectivity index (χ4n) is 3.69. The SMILES string of the molecule is CNCc1cc(OCc2ccccc2)n(C(C(=O)O)C2CCCCC2)n1. The van der Waals surface area contributed by atoms with Gasteiger partial charge in [-0.2, -0.15) is 5.10 Å². The molecule has 1 aromatic carbocycles. The van der Waals surface area contributed by atoms with Gasteiger partial charge in [-0.3, -0.25) is 0 Å². The Hall–Kier alpha value is -2.34. The molecule has 1 heterocycles. The van der Waals surface area contributed by atoms with Gasteiger partial charge in [0.2, 0.25) is 5.88 Å². The van der Waals surface area contributed by atoms with E-state index in [0.29, 0.717) is 19.0 Å². The van der Waals surface area contributed by atoms with Crippen molar-refractivity contribution in [2.24, 2.45) is 5.92 Å². The van der Waals surface area contributed by atoms with Crippen LogP contribution in [0.3, 0.4) is 0 Å². The molecular weight excluding hydrogens is 330 g/mol. The molecule has 0 amide bonds. The summed E-state index contributed by atoms with van der Waals surface area (Å²) < 4.78 is 7.57. The van der Waals surface area contributed by atoms with Crippen molar-refractivity contribution in [2.45, 2.75) is 51.3 Å². The number of ether oxygens (including phenoxy) is 1. The predicted octanol–water partition coefficient (Wildman–Crippen LogP) is 3.39. The number of nitrogens with zero attached hydrogens (tertiary/aromatic N) is 2. The zero-order chi connectivity index (χ0) is 18.4. The van der Waals surface area contributed by atoms with Crippen LogP contribution in [-0.4, -0.2) is 27.9 Å². The number of aliphatic carboxylic acids is 1. The lowest BCUT2D eigenvalue weighted by Gasteiger charge is -2.28. The van der Waals surface area contributed by atoms with Crippen LogP contribution in [0.2, 0.25) is 0 Å². The second-order valence-corrected chi connectivity index (χ2v) is 6.90. The van der Waals surface area contributed by atoms with E-state index in [0.717, 1.165) is 36.9 Å². The quantitative estimate of drug-likeness (QED) is 0.757. The molecule has 1 atom stereocenters. The highest BCUT2D eigenvalue weighted by molar-refractivity contribution is 5.72. The first kappa shape index (κ1) is 18.5. The molecule has 1 aliphatic carbocycles. The Morgan fingerprint density at radius 3 is 2.69 bits per heavy atom. The Kier molecular flexibility index (Phi) is 6.28. The summed E-state index contributed by atoms with van der Waals surface area (Å²) in [6.45, 7) is 0.967. The van der Waals surface area contributed by atoms with Crippen molar-refractivity contribution in [1.82, 2.24) is 15.1 Å². The summed E-state index contributed by atoms with van der Waals surface area (Å²) in [7, 11) is 1.85. The molecule has 1 fully saturated rings. The second kappa shape index (κ2) is 8.85. The summed E-state index contributed by atoms with van der Waals surface area (Å²) in [5.41, 5.74) is 1.83. The average molecular weight is 357 g/mol. The Bertz CT molecular complexity index is 708. The van der Waals surface area contributed by atoms with Gasteiger partial charge in [-0.05, 0) is 31.4 Å². The van der Waals surface area contributed by atoms with Crippen molar-refractivity contribution in [2.75, 3.05) is 7.05 Å². The van der Waals surface area contributed by atoms with Gasteiger partial charge in [0.25, 0.3) is 0 Å². The maximum absolute atomic E-state index is 12.1. The highest BCUT2D eigenvalue weighted by Crippen LogP contribution is 2.35. The van der Waals surface area contributed by atoms with Crippen LogP contribution in [0.15, 0.2) is 36.4 Å². The van der Waals surface area contributed by atoms with E-state index in [4.69, 9.17) is 4.74 Å². The Morgan fingerprint density at radius 2 is 2.04 bits per heavy atom. The van der Waals surface area contributed by atoms with E-state index < -0.39 is 12.0 Å². The number of carbonyl (C=O) groups is 1. The molecule has 1 saturated carbocycles. The number of nitrogens with one attached hydrogen (secondary N) is 1. The third-order valence-electron chi connectivity index (χ3n) is 4.95. The van der Waals surface area contributed by atoms with Crippen molar-refractivity contribution < 1.29 is 14.6 Å². The summed E-state index contributed by atoms with van der Waals surface area (Å²) in [6, 6.07) is 11.0. The normalized spacial score (nSPS) is 16.3. The molecule has 26 heavy (non-hydrogen) atoms. The summed E-state index contributed by atoms with van der Waals surface area (Å²) in [4.78, 5) is 12.1. The molecule has 0 saturated heterocycles. The first-order valence-corrected chi connectivity index (χ1v) is 9.31. The van der Waals surface area contributed by atoms with Crippen molar-refractivity contribution >= 4 is 5.97 Å². The molecule has 6 heteroatoms. The van der Waals surface area contributed by atoms with Gasteiger partial charge in [0, 0.05) is 12.6 Å². The molecule has 1 unspecified atom stereocenters. The summed E-state index contributed by atoms with van der Waals surface area (Å²) >= 11 is 0. The van der Waals surface area contributed by atoms with Gasteiger partial charge < -0.3 is 15.2 Å².